The summed E-state index contributed by atoms with van der Waals surface area (Å²) in [4.78, 5) is 39.8. The molecule has 1 aromatic heterocycles. The minimum atomic E-state index is -0.956. The smallest absolute Gasteiger partial charge is 0.274 e. The second-order valence-corrected chi connectivity index (χ2v) is 7.76. The standard InChI is InChI=1S/C21H23FN2O5/c1-21(2,12-29-3)19(27)15-11-23-8-9-24(10-13-4-6-14(22)7-5-13)20(28)16(23)18(26)17(15)25/h4-7,11,26H,8-10,12H2,1-3H3. The van der Waals surface area contributed by atoms with Crippen molar-refractivity contribution in [1.82, 2.24) is 9.47 Å². The summed E-state index contributed by atoms with van der Waals surface area (Å²) in [5, 5.41) is 10.4. The molecule has 29 heavy (non-hydrogen) atoms. The van der Waals surface area contributed by atoms with Crippen LogP contribution in [-0.2, 0) is 17.8 Å². The van der Waals surface area contributed by atoms with E-state index >= 15 is 0 Å². The molecular formula is C21H23FN2O5. The lowest BCUT2D eigenvalue weighted by Crippen LogP contribution is -2.42. The summed E-state index contributed by atoms with van der Waals surface area (Å²) in [6.45, 7) is 4.25. The van der Waals surface area contributed by atoms with Crippen LogP contribution < -0.4 is 5.43 Å². The molecular weight excluding hydrogens is 379 g/mol. The molecule has 0 aliphatic carbocycles. The molecule has 8 heteroatoms. The number of carbonyl (C=O) groups excluding carboxylic acids is 2. The van der Waals surface area contributed by atoms with Gasteiger partial charge in [-0.15, -0.1) is 0 Å². The molecule has 0 spiro atoms. The van der Waals surface area contributed by atoms with Gasteiger partial charge in [0.2, 0.25) is 5.43 Å². The van der Waals surface area contributed by atoms with Gasteiger partial charge in [0.1, 0.15) is 5.82 Å². The first-order chi connectivity index (χ1) is 13.7. The van der Waals surface area contributed by atoms with Crippen molar-refractivity contribution in [1.29, 1.82) is 0 Å². The SMILES string of the molecule is COCC(C)(C)C(=O)c1cn2c(c(O)c1=O)C(=O)N(Cc1ccc(F)cc1)CC2. The lowest BCUT2D eigenvalue weighted by Gasteiger charge is -2.31. The summed E-state index contributed by atoms with van der Waals surface area (Å²) in [6.07, 6.45) is 1.34. The van der Waals surface area contributed by atoms with Crippen LogP contribution in [0.15, 0.2) is 35.3 Å². The number of pyridine rings is 1. The normalized spacial score (nSPS) is 14.1. The third kappa shape index (κ3) is 3.93. The van der Waals surface area contributed by atoms with Crippen LogP contribution in [0, 0.1) is 11.2 Å². The van der Waals surface area contributed by atoms with E-state index in [0.717, 1.165) is 5.56 Å². The van der Waals surface area contributed by atoms with Crippen LogP contribution in [0.25, 0.3) is 0 Å². The maximum Gasteiger partial charge on any atom is 0.274 e. The van der Waals surface area contributed by atoms with E-state index in [2.05, 4.69) is 0 Å². The van der Waals surface area contributed by atoms with Gasteiger partial charge in [-0.25, -0.2) is 4.39 Å². The first-order valence-electron chi connectivity index (χ1n) is 9.19. The first-order valence-corrected chi connectivity index (χ1v) is 9.19. The van der Waals surface area contributed by atoms with Crippen LogP contribution in [0.5, 0.6) is 5.75 Å². The van der Waals surface area contributed by atoms with Gasteiger partial charge in [0, 0.05) is 32.9 Å². The average Bonchev–Trinajstić information content (AvgIpc) is 2.67. The summed E-state index contributed by atoms with van der Waals surface area (Å²) in [5.74, 6) is -2.10. The van der Waals surface area contributed by atoms with E-state index in [-0.39, 0.29) is 30.2 Å². The van der Waals surface area contributed by atoms with Crippen LogP contribution in [0.4, 0.5) is 4.39 Å². The van der Waals surface area contributed by atoms with Gasteiger partial charge in [-0.2, -0.15) is 0 Å². The molecule has 0 fully saturated rings. The van der Waals surface area contributed by atoms with Crippen LogP contribution >= 0.6 is 0 Å². The van der Waals surface area contributed by atoms with Gasteiger partial charge in [0.25, 0.3) is 5.91 Å². The quantitative estimate of drug-likeness (QED) is 0.749. The molecule has 0 saturated carbocycles. The van der Waals surface area contributed by atoms with E-state index in [1.807, 2.05) is 0 Å². The molecule has 1 amide bonds. The lowest BCUT2D eigenvalue weighted by atomic mass is 9.85. The highest BCUT2D eigenvalue weighted by Gasteiger charge is 2.35. The number of rotatable bonds is 6. The van der Waals surface area contributed by atoms with Crippen LogP contribution in [0.3, 0.4) is 0 Å². The van der Waals surface area contributed by atoms with Crippen molar-refractivity contribution in [2.24, 2.45) is 5.41 Å². The Morgan fingerprint density at radius 2 is 1.86 bits per heavy atom. The molecule has 1 aromatic carbocycles. The zero-order valence-corrected chi connectivity index (χ0v) is 16.6. The van der Waals surface area contributed by atoms with Crippen molar-refractivity contribution < 1.29 is 23.8 Å². The Hall–Kier alpha value is -3.00. The van der Waals surface area contributed by atoms with E-state index in [9.17, 15) is 23.9 Å². The number of benzene rings is 1. The van der Waals surface area contributed by atoms with Crippen LogP contribution in [0.2, 0.25) is 0 Å². The number of ketones is 1. The summed E-state index contributed by atoms with van der Waals surface area (Å²) >= 11 is 0. The highest BCUT2D eigenvalue weighted by molar-refractivity contribution is 6.02. The number of hydrogen-bond donors (Lipinski definition) is 1. The molecule has 0 saturated heterocycles. The topological polar surface area (TPSA) is 88.8 Å². The van der Waals surface area contributed by atoms with Crippen molar-refractivity contribution in [3.8, 4) is 5.75 Å². The fraction of sp³-hybridized carbons (Fsp3) is 0.381. The summed E-state index contributed by atoms with van der Waals surface area (Å²) in [7, 11) is 1.46. The van der Waals surface area contributed by atoms with Gasteiger partial charge in [-0.3, -0.25) is 14.4 Å². The third-order valence-electron chi connectivity index (χ3n) is 5.01. The van der Waals surface area contributed by atoms with Crippen LogP contribution in [-0.4, -0.2) is 46.5 Å². The Bertz CT molecular complexity index is 1010. The Labute approximate surface area is 167 Å². The van der Waals surface area contributed by atoms with Crippen molar-refractivity contribution in [3.05, 3.63) is 63.3 Å². The van der Waals surface area contributed by atoms with Gasteiger partial charge < -0.3 is 19.3 Å². The van der Waals surface area contributed by atoms with Gasteiger partial charge in [0.15, 0.2) is 17.2 Å². The number of nitrogens with zero attached hydrogens (tertiary/aromatic N) is 2. The van der Waals surface area contributed by atoms with E-state index < -0.39 is 28.3 Å². The Balaban J connectivity index is 1.94. The van der Waals surface area contributed by atoms with E-state index in [1.165, 1.54) is 34.9 Å². The molecule has 0 radical (unpaired) electrons. The number of carbonyl (C=O) groups is 2. The van der Waals surface area contributed by atoms with Gasteiger partial charge in [0.05, 0.1) is 17.6 Å². The maximum atomic E-state index is 13.1. The van der Waals surface area contributed by atoms with Crippen molar-refractivity contribution >= 4 is 11.7 Å². The lowest BCUT2D eigenvalue weighted by molar-refractivity contribution is 0.0622. The predicted octanol–water partition coefficient (Wildman–Crippen LogP) is 2.20. The molecule has 0 atom stereocenters. The largest absolute Gasteiger partial charge is 0.503 e. The molecule has 7 nitrogen and oxygen atoms in total. The molecule has 1 N–H and O–H groups in total. The van der Waals surface area contributed by atoms with E-state index in [0.29, 0.717) is 13.1 Å². The molecule has 1 aliphatic rings. The predicted molar refractivity (Wildman–Crippen MR) is 103 cm³/mol. The number of hydrogen-bond acceptors (Lipinski definition) is 5. The number of aromatic nitrogens is 1. The fourth-order valence-corrected chi connectivity index (χ4v) is 3.44. The highest BCUT2D eigenvalue weighted by Crippen LogP contribution is 2.26. The Kier molecular flexibility index (Phi) is 5.57. The highest BCUT2D eigenvalue weighted by atomic mass is 19.1. The van der Waals surface area contributed by atoms with Crippen LogP contribution in [0.1, 0.15) is 40.3 Å². The van der Waals surface area contributed by atoms with Crippen molar-refractivity contribution in [2.45, 2.75) is 26.9 Å². The summed E-state index contributed by atoms with van der Waals surface area (Å²) < 4.78 is 19.6. The van der Waals surface area contributed by atoms with Gasteiger partial charge in [-0.1, -0.05) is 26.0 Å². The zero-order chi connectivity index (χ0) is 21.3. The summed E-state index contributed by atoms with van der Waals surface area (Å²) in [5.41, 5.74) is -1.43. The number of aromatic hydroxyl groups is 1. The number of fused-ring (bicyclic) bond motifs is 1. The molecule has 1 aliphatic heterocycles. The molecule has 2 aromatic rings. The number of amides is 1. The third-order valence-corrected chi connectivity index (χ3v) is 5.01. The maximum absolute atomic E-state index is 13.1. The second kappa shape index (κ2) is 7.79. The minimum absolute atomic E-state index is 0.109. The van der Waals surface area contributed by atoms with Crippen molar-refractivity contribution in [3.63, 3.8) is 0 Å². The second-order valence-electron chi connectivity index (χ2n) is 7.76. The molecule has 2 heterocycles. The molecule has 154 valence electrons. The Morgan fingerprint density at radius 3 is 2.48 bits per heavy atom. The fourth-order valence-electron chi connectivity index (χ4n) is 3.44. The van der Waals surface area contributed by atoms with E-state index in [1.54, 1.807) is 26.0 Å². The Morgan fingerprint density at radius 1 is 1.21 bits per heavy atom. The monoisotopic (exact) mass is 402 g/mol. The number of ether oxygens (including phenoxy) is 1. The first kappa shape index (κ1) is 20.7. The molecule has 3 rings (SSSR count). The van der Waals surface area contributed by atoms with E-state index in [4.69, 9.17) is 4.74 Å². The summed E-state index contributed by atoms with van der Waals surface area (Å²) in [6, 6.07) is 5.76. The molecule has 0 bridgehead atoms. The van der Waals surface area contributed by atoms with Gasteiger partial charge in [-0.05, 0) is 17.7 Å². The number of halogens is 1. The van der Waals surface area contributed by atoms with Crippen molar-refractivity contribution in [2.75, 3.05) is 20.3 Å². The van der Waals surface area contributed by atoms with Gasteiger partial charge >= 0.3 is 0 Å². The minimum Gasteiger partial charge on any atom is -0.503 e. The zero-order valence-electron chi connectivity index (χ0n) is 16.6. The number of methoxy groups -OCH3 is 1. The molecule has 0 unspecified atom stereocenters. The average molecular weight is 402 g/mol. The number of Topliss-reactive ketones (excluding diaryl/α,β-unsaturated/α-hetero) is 1.